The van der Waals surface area contributed by atoms with Gasteiger partial charge in [0.15, 0.2) is 5.78 Å². The van der Waals surface area contributed by atoms with Gasteiger partial charge in [-0.2, -0.15) is 15.2 Å². The third-order valence-corrected chi connectivity index (χ3v) is 3.11. The van der Waals surface area contributed by atoms with Gasteiger partial charge in [-0.25, -0.2) is 0 Å². The van der Waals surface area contributed by atoms with Crippen LogP contribution in [0.2, 0.25) is 0 Å². The molecule has 0 aliphatic rings. The molecule has 0 atom stereocenters. The van der Waals surface area contributed by atoms with Crippen LogP contribution in [0.15, 0.2) is 18.2 Å². The molecule has 2 rings (SSSR count). The normalized spacial score (nSPS) is 10.4. The second kappa shape index (κ2) is 5.11. The van der Waals surface area contributed by atoms with Crippen LogP contribution >= 0.6 is 0 Å². The van der Waals surface area contributed by atoms with E-state index in [0.717, 1.165) is 24.0 Å². The molecular formula is C14H16N4O. The van der Waals surface area contributed by atoms with Crippen molar-refractivity contribution in [2.45, 2.75) is 20.8 Å². The summed E-state index contributed by atoms with van der Waals surface area (Å²) in [7, 11) is 0. The lowest BCUT2D eigenvalue weighted by Gasteiger charge is -2.22. The molecule has 0 unspecified atom stereocenters. The number of hydrogen-bond acceptors (Lipinski definition) is 4. The van der Waals surface area contributed by atoms with Crippen LogP contribution in [0, 0.1) is 11.3 Å². The number of ketones is 1. The largest absolute Gasteiger partial charge is 0.297 e. The summed E-state index contributed by atoms with van der Waals surface area (Å²) in [5, 5.41) is 16.1. The fraction of sp³-hybridized carbons (Fsp3) is 0.357. The Morgan fingerprint density at radius 3 is 2.63 bits per heavy atom. The van der Waals surface area contributed by atoms with Gasteiger partial charge in [-0.1, -0.05) is 0 Å². The number of benzene rings is 1. The third-order valence-electron chi connectivity index (χ3n) is 3.11. The Morgan fingerprint density at radius 1 is 1.42 bits per heavy atom. The first-order chi connectivity index (χ1) is 9.12. The van der Waals surface area contributed by atoms with Crippen molar-refractivity contribution >= 4 is 16.7 Å². The molecule has 0 aliphatic carbocycles. The van der Waals surface area contributed by atoms with Gasteiger partial charge < -0.3 is 0 Å². The van der Waals surface area contributed by atoms with E-state index in [2.05, 4.69) is 11.2 Å². The number of carbonyl (C=O) groups is 1. The molecule has 0 bridgehead atoms. The number of Topliss-reactive ketones (excluding diaryl/α,β-unsaturated/α-hetero) is 1. The zero-order valence-corrected chi connectivity index (χ0v) is 11.3. The molecule has 5 heteroatoms. The van der Waals surface area contributed by atoms with Gasteiger partial charge in [0.05, 0.1) is 17.1 Å². The summed E-state index contributed by atoms with van der Waals surface area (Å²) in [6, 6.07) is 7.30. The molecule has 0 saturated heterocycles. The van der Waals surface area contributed by atoms with Crippen molar-refractivity contribution in [3.8, 4) is 6.07 Å². The summed E-state index contributed by atoms with van der Waals surface area (Å²) in [4.78, 5) is 13.6. The maximum absolute atomic E-state index is 11.9. The zero-order chi connectivity index (χ0) is 14.0. The highest BCUT2D eigenvalue weighted by atomic mass is 16.1. The Morgan fingerprint density at radius 2 is 2.11 bits per heavy atom. The highest BCUT2D eigenvalue weighted by Crippen LogP contribution is 2.20. The Kier molecular flexibility index (Phi) is 3.52. The lowest BCUT2D eigenvalue weighted by molar-refractivity contribution is 0.100. The van der Waals surface area contributed by atoms with E-state index in [0.29, 0.717) is 11.3 Å². The molecule has 0 spiro atoms. The second-order valence-electron chi connectivity index (χ2n) is 4.28. The maximum Gasteiger partial charge on any atom is 0.180 e. The first-order valence-electron chi connectivity index (χ1n) is 6.31. The van der Waals surface area contributed by atoms with Gasteiger partial charge in [-0.3, -0.25) is 9.80 Å². The number of nitriles is 1. The van der Waals surface area contributed by atoms with Crippen LogP contribution in [0.3, 0.4) is 0 Å². The average molecular weight is 256 g/mol. The maximum atomic E-state index is 11.9. The summed E-state index contributed by atoms with van der Waals surface area (Å²) >= 11 is 0. The Balaban J connectivity index is 2.75. The predicted molar refractivity (Wildman–Crippen MR) is 73.8 cm³/mol. The van der Waals surface area contributed by atoms with Crippen molar-refractivity contribution in [2.75, 3.05) is 18.1 Å². The van der Waals surface area contributed by atoms with E-state index in [9.17, 15) is 4.79 Å². The number of carbonyl (C=O) groups excluding carboxylic acids is 1. The van der Waals surface area contributed by atoms with E-state index in [4.69, 9.17) is 5.26 Å². The molecule has 0 amide bonds. The van der Waals surface area contributed by atoms with E-state index in [-0.39, 0.29) is 5.78 Å². The number of fused-ring (bicyclic) bond motifs is 1. The lowest BCUT2D eigenvalue weighted by atomic mass is 10.1. The molecule has 0 N–H and O–H groups in total. The molecule has 1 heterocycles. The summed E-state index contributed by atoms with van der Waals surface area (Å²) in [6.45, 7) is 7.07. The van der Waals surface area contributed by atoms with Crippen molar-refractivity contribution in [2.24, 2.45) is 0 Å². The summed E-state index contributed by atoms with van der Waals surface area (Å²) < 4.78 is 0. The first-order valence-corrected chi connectivity index (χ1v) is 6.31. The predicted octanol–water partition coefficient (Wildman–Crippen LogP) is 2.09. The van der Waals surface area contributed by atoms with Crippen LogP contribution in [-0.4, -0.2) is 28.8 Å². The highest BCUT2D eigenvalue weighted by Gasteiger charge is 2.18. The molecule has 1 aromatic carbocycles. The Bertz CT molecular complexity index is 662. The van der Waals surface area contributed by atoms with Gasteiger partial charge in [-0.15, -0.1) is 0 Å². The fourth-order valence-electron chi connectivity index (χ4n) is 2.17. The van der Waals surface area contributed by atoms with Crippen LogP contribution in [-0.2, 0) is 0 Å². The highest BCUT2D eigenvalue weighted by molar-refractivity contribution is 6.05. The van der Waals surface area contributed by atoms with Crippen LogP contribution in [0.5, 0.6) is 0 Å². The van der Waals surface area contributed by atoms with Gasteiger partial charge in [-0.05, 0) is 32.0 Å². The topological polar surface area (TPSA) is 61.9 Å². The van der Waals surface area contributed by atoms with Crippen LogP contribution in [0.4, 0.5) is 0 Å². The molecule has 0 radical (unpaired) electrons. The van der Waals surface area contributed by atoms with E-state index in [1.165, 1.54) is 6.92 Å². The standard InChI is InChI=1S/C14H16N4O/c1-4-17(5-2)18-14(10(3)19)12-8-11(9-15)6-7-13(12)16-18/h6-8H,4-5H2,1-3H3. The quantitative estimate of drug-likeness (QED) is 0.786. The van der Waals surface area contributed by atoms with Crippen molar-refractivity contribution in [3.63, 3.8) is 0 Å². The Labute approximate surface area is 112 Å². The van der Waals surface area contributed by atoms with E-state index in [1.807, 2.05) is 18.9 Å². The number of rotatable bonds is 4. The molecule has 19 heavy (non-hydrogen) atoms. The molecule has 1 aromatic heterocycles. The summed E-state index contributed by atoms with van der Waals surface area (Å²) in [5.41, 5.74) is 1.81. The van der Waals surface area contributed by atoms with E-state index < -0.39 is 0 Å². The molecule has 0 saturated carbocycles. The van der Waals surface area contributed by atoms with Gasteiger partial charge in [0.25, 0.3) is 0 Å². The van der Waals surface area contributed by atoms with Gasteiger partial charge in [0.2, 0.25) is 0 Å². The van der Waals surface area contributed by atoms with Crippen molar-refractivity contribution in [1.82, 2.24) is 9.89 Å². The molecule has 0 aliphatic heterocycles. The van der Waals surface area contributed by atoms with Crippen molar-refractivity contribution in [3.05, 3.63) is 29.5 Å². The molecular weight excluding hydrogens is 240 g/mol. The average Bonchev–Trinajstić information content (AvgIpc) is 2.78. The smallest absolute Gasteiger partial charge is 0.180 e. The molecule has 98 valence electrons. The fourth-order valence-corrected chi connectivity index (χ4v) is 2.17. The van der Waals surface area contributed by atoms with Crippen molar-refractivity contribution in [1.29, 1.82) is 5.26 Å². The minimum Gasteiger partial charge on any atom is -0.297 e. The van der Waals surface area contributed by atoms with E-state index in [1.54, 1.807) is 23.0 Å². The van der Waals surface area contributed by atoms with Crippen LogP contribution in [0.1, 0.15) is 36.8 Å². The number of nitrogens with zero attached hydrogens (tertiary/aromatic N) is 4. The summed E-state index contributed by atoms with van der Waals surface area (Å²) in [5.74, 6) is -0.0514. The molecule has 5 nitrogen and oxygen atoms in total. The minimum absolute atomic E-state index is 0.0514. The third kappa shape index (κ3) is 2.17. The second-order valence-corrected chi connectivity index (χ2v) is 4.28. The minimum atomic E-state index is -0.0514. The van der Waals surface area contributed by atoms with Crippen LogP contribution < -0.4 is 5.01 Å². The van der Waals surface area contributed by atoms with Gasteiger partial charge in [0.1, 0.15) is 5.69 Å². The summed E-state index contributed by atoms with van der Waals surface area (Å²) in [6.07, 6.45) is 0. The van der Waals surface area contributed by atoms with Gasteiger partial charge >= 0.3 is 0 Å². The lowest BCUT2D eigenvalue weighted by Crippen LogP contribution is -2.37. The first kappa shape index (κ1) is 13.1. The number of aromatic nitrogens is 2. The number of hydrogen-bond donors (Lipinski definition) is 0. The van der Waals surface area contributed by atoms with Gasteiger partial charge in [0, 0.05) is 25.4 Å². The van der Waals surface area contributed by atoms with E-state index >= 15 is 0 Å². The van der Waals surface area contributed by atoms with Crippen molar-refractivity contribution < 1.29 is 4.79 Å². The Hall–Kier alpha value is -2.35. The molecule has 2 aromatic rings. The SMILES string of the molecule is CCN(CC)n1nc2ccc(C#N)cc2c1C(C)=O. The zero-order valence-electron chi connectivity index (χ0n) is 11.3. The van der Waals surface area contributed by atoms with Crippen LogP contribution in [0.25, 0.3) is 10.9 Å². The monoisotopic (exact) mass is 256 g/mol. The molecule has 0 fully saturated rings.